The Labute approximate surface area is 128 Å². The Kier molecular flexibility index (Phi) is 6.66. The maximum absolute atomic E-state index is 11.9. The number of hydrogen-bond donors (Lipinski definition) is 2. The van der Waals surface area contributed by atoms with Crippen LogP contribution in [0.2, 0.25) is 0 Å². The van der Waals surface area contributed by atoms with Crippen LogP contribution in [0.4, 0.5) is 0 Å². The molecule has 0 spiro atoms. The zero-order valence-corrected chi connectivity index (χ0v) is 13.1. The lowest BCUT2D eigenvalue weighted by molar-refractivity contribution is -0.145. The number of halogens is 1. The second-order valence-electron chi connectivity index (χ2n) is 4.17. The molecule has 0 aromatic carbocycles. The molecular weight excluding hydrogens is 348 g/mol. The summed E-state index contributed by atoms with van der Waals surface area (Å²) in [6, 6.07) is 3.91. The van der Waals surface area contributed by atoms with Gasteiger partial charge >= 0.3 is 5.97 Å². The highest BCUT2D eigenvalue weighted by Gasteiger charge is 2.18. The number of carbonyl (C=O) groups excluding carboxylic acids is 2. The van der Waals surface area contributed by atoms with Gasteiger partial charge in [0.1, 0.15) is 6.54 Å². The Bertz CT molecular complexity index is 487. The van der Waals surface area contributed by atoms with Gasteiger partial charge in [-0.25, -0.2) is 0 Å². The van der Waals surface area contributed by atoms with E-state index in [-0.39, 0.29) is 18.9 Å². The summed E-state index contributed by atoms with van der Waals surface area (Å²) in [6.45, 7) is -0.873. The van der Waals surface area contributed by atoms with Gasteiger partial charge in [-0.15, -0.1) is 11.3 Å². The van der Waals surface area contributed by atoms with Crippen molar-refractivity contribution in [1.29, 1.82) is 0 Å². The van der Waals surface area contributed by atoms with Crippen LogP contribution in [0.3, 0.4) is 0 Å². The summed E-state index contributed by atoms with van der Waals surface area (Å²) in [5.41, 5.74) is 5.00. The van der Waals surface area contributed by atoms with Crippen molar-refractivity contribution in [3.63, 3.8) is 0 Å². The third-order valence-electron chi connectivity index (χ3n) is 2.47. The van der Waals surface area contributed by atoms with E-state index in [2.05, 4.69) is 15.9 Å². The molecule has 0 bridgehead atoms. The van der Waals surface area contributed by atoms with Gasteiger partial charge < -0.3 is 15.7 Å². The van der Waals surface area contributed by atoms with Gasteiger partial charge in [0.15, 0.2) is 0 Å². The first kappa shape index (κ1) is 16.6. The fourth-order valence-corrected chi connectivity index (χ4v) is 3.17. The SMILES string of the molecule is NC(=O)CN(CC(=O)O)C(=O)CCCc1ccc(Br)s1. The quantitative estimate of drug-likeness (QED) is 0.726. The van der Waals surface area contributed by atoms with Gasteiger partial charge in [0.05, 0.1) is 10.3 Å². The third kappa shape index (κ3) is 6.16. The van der Waals surface area contributed by atoms with Crippen molar-refractivity contribution in [2.75, 3.05) is 13.1 Å². The van der Waals surface area contributed by atoms with E-state index in [4.69, 9.17) is 10.8 Å². The smallest absolute Gasteiger partial charge is 0.323 e. The van der Waals surface area contributed by atoms with Gasteiger partial charge in [0.25, 0.3) is 0 Å². The fourth-order valence-electron chi connectivity index (χ4n) is 1.64. The molecule has 2 amide bonds. The van der Waals surface area contributed by atoms with Crippen LogP contribution >= 0.6 is 27.3 Å². The highest BCUT2D eigenvalue weighted by atomic mass is 79.9. The summed E-state index contributed by atoms with van der Waals surface area (Å²) >= 11 is 4.95. The molecule has 0 fully saturated rings. The number of amides is 2. The van der Waals surface area contributed by atoms with Crippen molar-refractivity contribution < 1.29 is 19.5 Å². The van der Waals surface area contributed by atoms with E-state index in [0.717, 1.165) is 20.0 Å². The number of carboxylic acids is 1. The van der Waals surface area contributed by atoms with Gasteiger partial charge in [-0.1, -0.05) is 0 Å². The highest BCUT2D eigenvalue weighted by Crippen LogP contribution is 2.23. The van der Waals surface area contributed by atoms with Crippen molar-refractivity contribution in [1.82, 2.24) is 4.90 Å². The lowest BCUT2D eigenvalue weighted by atomic mass is 10.2. The topological polar surface area (TPSA) is 101 Å². The summed E-state index contributed by atoms with van der Waals surface area (Å²) in [7, 11) is 0. The molecule has 110 valence electrons. The van der Waals surface area contributed by atoms with Crippen molar-refractivity contribution in [3.05, 3.63) is 20.8 Å². The van der Waals surface area contributed by atoms with Crippen molar-refractivity contribution >= 4 is 45.1 Å². The van der Waals surface area contributed by atoms with Crippen LogP contribution in [0.15, 0.2) is 15.9 Å². The van der Waals surface area contributed by atoms with Gasteiger partial charge in [-0.05, 0) is 40.9 Å². The molecule has 3 N–H and O–H groups in total. The van der Waals surface area contributed by atoms with Crippen LogP contribution in [0.5, 0.6) is 0 Å². The van der Waals surface area contributed by atoms with Gasteiger partial charge in [0.2, 0.25) is 11.8 Å². The van der Waals surface area contributed by atoms with Crippen molar-refractivity contribution in [2.45, 2.75) is 19.3 Å². The average molecular weight is 363 g/mol. The van der Waals surface area contributed by atoms with Gasteiger partial charge in [-0.3, -0.25) is 14.4 Å². The summed E-state index contributed by atoms with van der Waals surface area (Å²) in [6.07, 6.45) is 1.52. The molecule has 1 aromatic heterocycles. The van der Waals surface area contributed by atoms with E-state index in [1.165, 1.54) is 0 Å². The zero-order valence-electron chi connectivity index (χ0n) is 10.7. The Balaban J connectivity index is 2.44. The molecule has 6 nitrogen and oxygen atoms in total. The third-order valence-corrected chi connectivity index (χ3v) is 4.15. The Morgan fingerprint density at radius 2 is 2.00 bits per heavy atom. The lowest BCUT2D eigenvalue weighted by Crippen LogP contribution is -2.41. The summed E-state index contributed by atoms with van der Waals surface area (Å²) in [4.78, 5) is 35.4. The second kappa shape index (κ2) is 8.01. The first-order valence-electron chi connectivity index (χ1n) is 5.90. The van der Waals surface area contributed by atoms with Crippen LogP contribution in [0.1, 0.15) is 17.7 Å². The maximum Gasteiger partial charge on any atom is 0.323 e. The minimum absolute atomic E-state index is 0.191. The van der Waals surface area contributed by atoms with E-state index >= 15 is 0 Å². The number of nitrogens with two attached hydrogens (primary N) is 1. The number of carbonyl (C=O) groups is 3. The van der Waals surface area contributed by atoms with Crippen molar-refractivity contribution in [2.24, 2.45) is 5.73 Å². The summed E-state index contributed by atoms with van der Waals surface area (Å²) in [5, 5.41) is 8.70. The second-order valence-corrected chi connectivity index (χ2v) is 6.72. The Hall–Kier alpha value is -1.41. The minimum Gasteiger partial charge on any atom is -0.480 e. The average Bonchev–Trinajstić information content (AvgIpc) is 2.73. The number of rotatable bonds is 8. The Morgan fingerprint density at radius 3 is 2.50 bits per heavy atom. The maximum atomic E-state index is 11.9. The van der Waals surface area contributed by atoms with E-state index in [1.807, 2.05) is 12.1 Å². The molecule has 1 aromatic rings. The number of thiophene rings is 1. The van der Waals surface area contributed by atoms with Crippen LogP contribution in [0, 0.1) is 0 Å². The highest BCUT2D eigenvalue weighted by molar-refractivity contribution is 9.11. The van der Waals surface area contributed by atoms with E-state index in [0.29, 0.717) is 6.42 Å². The first-order valence-corrected chi connectivity index (χ1v) is 7.51. The molecule has 0 unspecified atom stereocenters. The van der Waals surface area contributed by atoms with Crippen LogP contribution < -0.4 is 5.73 Å². The van der Waals surface area contributed by atoms with Crippen molar-refractivity contribution in [3.8, 4) is 0 Å². The summed E-state index contributed by atoms with van der Waals surface area (Å²) < 4.78 is 1.03. The normalized spacial score (nSPS) is 10.2. The molecule has 0 saturated carbocycles. The fraction of sp³-hybridized carbons (Fsp3) is 0.417. The molecule has 0 atom stereocenters. The molecule has 0 radical (unpaired) electrons. The largest absolute Gasteiger partial charge is 0.480 e. The lowest BCUT2D eigenvalue weighted by Gasteiger charge is -2.18. The molecule has 0 aliphatic carbocycles. The molecule has 20 heavy (non-hydrogen) atoms. The molecule has 1 rings (SSSR count). The molecule has 8 heteroatoms. The molecule has 0 aliphatic rings. The van der Waals surface area contributed by atoms with E-state index in [9.17, 15) is 14.4 Å². The Morgan fingerprint density at radius 1 is 1.30 bits per heavy atom. The van der Waals surface area contributed by atoms with Gasteiger partial charge in [0, 0.05) is 11.3 Å². The number of carboxylic acid groups (broad SMARTS) is 1. The number of nitrogens with zero attached hydrogens (tertiary/aromatic N) is 1. The number of aryl methyl sites for hydroxylation is 1. The number of aliphatic carboxylic acids is 1. The molecule has 0 saturated heterocycles. The zero-order chi connectivity index (χ0) is 15.1. The van der Waals surface area contributed by atoms with Crippen LogP contribution in [0.25, 0.3) is 0 Å². The predicted octanol–water partition coefficient (Wildman–Crippen LogP) is 1.23. The number of hydrogen-bond acceptors (Lipinski definition) is 4. The molecule has 1 heterocycles. The van der Waals surface area contributed by atoms with Gasteiger partial charge in [-0.2, -0.15) is 0 Å². The van der Waals surface area contributed by atoms with E-state index in [1.54, 1.807) is 11.3 Å². The first-order chi connectivity index (χ1) is 9.38. The van der Waals surface area contributed by atoms with E-state index < -0.39 is 18.4 Å². The minimum atomic E-state index is -1.17. The monoisotopic (exact) mass is 362 g/mol. The van der Waals surface area contributed by atoms with Crippen LogP contribution in [-0.2, 0) is 20.8 Å². The standard InChI is InChI=1S/C12H15BrN2O4S/c13-9-5-4-8(20-9)2-1-3-11(17)15(6-10(14)16)7-12(18)19/h4-5H,1-3,6-7H2,(H2,14,16)(H,18,19). The predicted molar refractivity (Wildman–Crippen MR) is 78.4 cm³/mol. The molecule has 0 aliphatic heterocycles. The number of primary amides is 1. The summed E-state index contributed by atoms with van der Waals surface area (Å²) in [5.74, 6) is -2.26. The van der Waals surface area contributed by atoms with Crippen LogP contribution in [-0.4, -0.2) is 40.9 Å². The molecular formula is C12H15BrN2O4S.